The number of rotatable bonds is 7. The van der Waals surface area contributed by atoms with Gasteiger partial charge in [-0.05, 0) is 50.5 Å². The van der Waals surface area contributed by atoms with Crippen LogP contribution in [0.5, 0.6) is 5.75 Å². The van der Waals surface area contributed by atoms with Crippen LogP contribution in [-0.4, -0.2) is 29.4 Å². The number of ether oxygens (including phenoxy) is 2. The second-order valence-corrected chi connectivity index (χ2v) is 7.50. The average molecular weight is 425 g/mol. The average Bonchev–Trinajstić information content (AvgIpc) is 2.78. The minimum Gasteiger partial charge on any atom is -0.488 e. The molecule has 4 nitrogen and oxygen atoms in total. The van der Waals surface area contributed by atoms with Gasteiger partial charge in [-0.2, -0.15) is 0 Å². The molecule has 0 amide bonds. The fourth-order valence-corrected chi connectivity index (χ4v) is 1.97. The quantitative estimate of drug-likeness (QED) is 0.417. The first-order valence-electron chi connectivity index (χ1n) is 10.2. The molecule has 2 aromatic carbocycles. The van der Waals surface area contributed by atoms with Crippen LogP contribution < -0.4 is 4.74 Å². The Morgan fingerprint density at radius 1 is 0.968 bits per heavy atom. The van der Waals surface area contributed by atoms with Gasteiger partial charge in [0.2, 0.25) is 0 Å². The molecule has 0 aliphatic carbocycles. The normalized spacial score (nSPS) is 10.7. The van der Waals surface area contributed by atoms with Gasteiger partial charge < -0.3 is 14.6 Å². The van der Waals surface area contributed by atoms with Crippen molar-refractivity contribution in [1.29, 1.82) is 0 Å². The summed E-state index contributed by atoms with van der Waals surface area (Å²) in [4.78, 5) is 10.4. The molecule has 2 rings (SSSR count). The van der Waals surface area contributed by atoms with Crippen molar-refractivity contribution in [3.63, 3.8) is 0 Å². The molecule has 0 saturated carbocycles. The third kappa shape index (κ3) is 15.4. The molecule has 0 spiro atoms. The number of carbonyl (C=O) groups is 1. The van der Waals surface area contributed by atoms with E-state index in [-0.39, 0.29) is 12.2 Å². The van der Waals surface area contributed by atoms with Crippen molar-refractivity contribution in [2.75, 3.05) is 6.61 Å². The molecule has 0 aliphatic rings. The lowest BCUT2D eigenvalue weighted by Crippen LogP contribution is -2.22. The Hall–Kier alpha value is -3.11. The molecular formula is C27H36O4. The number of hydrogen-bond acceptors (Lipinski definition) is 4. The van der Waals surface area contributed by atoms with Gasteiger partial charge in [-0.3, -0.25) is 0 Å². The van der Waals surface area contributed by atoms with Crippen LogP contribution in [0.25, 0.3) is 12.2 Å². The fourth-order valence-electron chi connectivity index (χ4n) is 1.97. The number of esters is 1. The first kappa shape index (κ1) is 27.9. The highest BCUT2D eigenvalue weighted by Gasteiger charge is 2.10. The van der Waals surface area contributed by atoms with Gasteiger partial charge in [-0.15, -0.1) is 0 Å². The van der Waals surface area contributed by atoms with Gasteiger partial charge in [0, 0.05) is 6.08 Å². The monoisotopic (exact) mass is 424 g/mol. The first-order valence-corrected chi connectivity index (χ1v) is 10.2. The molecule has 0 bridgehead atoms. The van der Waals surface area contributed by atoms with E-state index in [1.165, 1.54) is 5.56 Å². The zero-order chi connectivity index (χ0) is 23.7. The van der Waals surface area contributed by atoms with E-state index in [0.29, 0.717) is 6.42 Å². The molecule has 1 N–H and O–H groups in total. The Bertz CT molecular complexity index is 771. The van der Waals surface area contributed by atoms with Crippen LogP contribution in [0, 0.1) is 0 Å². The lowest BCUT2D eigenvalue weighted by atomic mass is 10.2. The second-order valence-electron chi connectivity index (χ2n) is 7.50. The van der Waals surface area contributed by atoms with Crippen molar-refractivity contribution in [1.82, 2.24) is 0 Å². The topological polar surface area (TPSA) is 55.8 Å². The molecule has 1 atom stereocenters. The molecule has 4 heteroatoms. The number of carbonyl (C=O) groups excluding carboxylic acids is 1. The largest absolute Gasteiger partial charge is 0.488 e. The molecule has 0 saturated heterocycles. The fraction of sp³-hybridized carbons (Fsp3) is 0.296. The Kier molecular flexibility index (Phi) is 14.1. The minimum atomic E-state index is -0.552. The van der Waals surface area contributed by atoms with Crippen molar-refractivity contribution in [2.24, 2.45) is 0 Å². The number of benzene rings is 2. The van der Waals surface area contributed by atoms with Crippen LogP contribution in [0.1, 0.15) is 45.2 Å². The Labute approximate surface area is 187 Å². The lowest BCUT2D eigenvalue weighted by Gasteiger charge is -2.21. The van der Waals surface area contributed by atoms with E-state index in [1.807, 2.05) is 94.4 Å². The van der Waals surface area contributed by atoms with Gasteiger partial charge in [0.15, 0.2) is 0 Å². The maximum atomic E-state index is 10.4. The summed E-state index contributed by atoms with van der Waals surface area (Å²) < 4.78 is 10.2. The van der Waals surface area contributed by atoms with Crippen molar-refractivity contribution in [3.8, 4) is 5.75 Å². The van der Waals surface area contributed by atoms with Crippen LogP contribution >= 0.6 is 0 Å². The summed E-state index contributed by atoms with van der Waals surface area (Å²) in [5.41, 5.74) is 2.16. The molecule has 0 radical (unpaired) electrons. The van der Waals surface area contributed by atoms with E-state index in [9.17, 15) is 4.79 Å². The van der Waals surface area contributed by atoms with Crippen molar-refractivity contribution >= 4 is 18.1 Å². The smallest absolute Gasteiger partial charge is 0.330 e. The van der Waals surface area contributed by atoms with Crippen molar-refractivity contribution < 1.29 is 19.4 Å². The molecule has 0 aliphatic heterocycles. The summed E-state index contributed by atoms with van der Waals surface area (Å²) in [7, 11) is 0. The molecular weight excluding hydrogens is 388 g/mol. The van der Waals surface area contributed by atoms with E-state index >= 15 is 0 Å². The third-order valence-corrected chi connectivity index (χ3v) is 3.63. The van der Waals surface area contributed by atoms with Gasteiger partial charge in [0.25, 0.3) is 0 Å². The zero-order valence-corrected chi connectivity index (χ0v) is 19.2. The predicted molar refractivity (Wildman–Crippen MR) is 131 cm³/mol. The Morgan fingerprint density at radius 2 is 1.48 bits per heavy atom. The zero-order valence-electron chi connectivity index (χ0n) is 19.2. The first-order chi connectivity index (χ1) is 14.6. The molecule has 0 fully saturated rings. The molecule has 0 aromatic heterocycles. The second kappa shape index (κ2) is 15.7. The van der Waals surface area contributed by atoms with Gasteiger partial charge in [-0.25, -0.2) is 4.79 Å². The van der Waals surface area contributed by atoms with Gasteiger partial charge in [0.1, 0.15) is 18.0 Å². The predicted octanol–water partition coefficient (Wildman–Crippen LogP) is 6.32. The molecule has 1 unspecified atom stereocenters. The number of hydrogen-bond donors (Lipinski definition) is 1. The Balaban J connectivity index is 0.000000450. The van der Waals surface area contributed by atoms with Gasteiger partial charge in [-0.1, -0.05) is 81.3 Å². The molecule has 2 aromatic rings. The standard InChI is InChI=1S/C12H16O.C8H8.C7H12O3/c1-5-10-6-8-11(9-7-10)13-12(2,3)4;1-2-8-6-4-3-5-7-8;1-3-6(8)5-10-7(9)4-2/h5-9H,1H2,2-4H3;2-7H,1H2;4,6,8H,2-3,5H2,1H3. The summed E-state index contributed by atoms with van der Waals surface area (Å²) in [5, 5.41) is 8.89. The van der Waals surface area contributed by atoms with Crippen molar-refractivity contribution in [3.05, 3.63) is 91.5 Å². The van der Waals surface area contributed by atoms with Gasteiger partial charge >= 0.3 is 5.97 Å². The van der Waals surface area contributed by atoms with Crippen LogP contribution in [0.4, 0.5) is 0 Å². The minimum absolute atomic E-state index is 0.0569. The van der Waals surface area contributed by atoms with E-state index < -0.39 is 12.1 Å². The van der Waals surface area contributed by atoms with Crippen LogP contribution in [0.15, 0.2) is 80.4 Å². The van der Waals surface area contributed by atoms with Crippen LogP contribution in [-0.2, 0) is 9.53 Å². The summed E-state index contributed by atoms with van der Waals surface area (Å²) >= 11 is 0. The van der Waals surface area contributed by atoms with Crippen LogP contribution in [0.3, 0.4) is 0 Å². The molecule has 31 heavy (non-hydrogen) atoms. The van der Waals surface area contributed by atoms with Gasteiger partial charge in [0.05, 0.1) is 6.10 Å². The summed E-state index contributed by atoms with van der Waals surface area (Å²) in [6.07, 6.45) is 4.76. The highest BCUT2D eigenvalue weighted by atomic mass is 16.5. The van der Waals surface area contributed by atoms with E-state index in [4.69, 9.17) is 9.84 Å². The third-order valence-electron chi connectivity index (χ3n) is 3.63. The van der Waals surface area contributed by atoms with E-state index in [0.717, 1.165) is 17.4 Å². The molecule has 0 heterocycles. The highest BCUT2D eigenvalue weighted by Crippen LogP contribution is 2.18. The number of aliphatic hydroxyl groups is 1. The van der Waals surface area contributed by atoms with Crippen molar-refractivity contribution in [2.45, 2.75) is 45.8 Å². The Morgan fingerprint density at radius 3 is 1.87 bits per heavy atom. The lowest BCUT2D eigenvalue weighted by molar-refractivity contribution is -0.140. The maximum Gasteiger partial charge on any atom is 0.330 e. The van der Waals surface area contributed by atoms with Crippen LogP contribution in [0.2, 0.25) is 0 Å². The van der Waals surface area contributed by atoms with E-state index in [1.54, 1.807) is 0 Å². The highest BCUT2D eigenvalue weighted by molar-refractivity contribution is 5.81. The summed E-state index contributed by atoms with van der Waals surface area (Å²) in [5.74, 6) is 0.408. The van der Waals surface area contributed by atoms with E-state index in [2.05, 4.69) is 24.5 Å². The summed E-state index contributed by atoms with van der Waals surface area (Å²) in [6, 6.07) is 17.9. The maximum absolute atomic E-state index is 10.4. The number of aliphatic hydroxyl groups excluding tert-OH is 1. The molecule has 168 valence electrons. The SMILES string of the molecule is C=CC(=O)OCC(O)CC.C=Cc1ccc(OC(C)(C)C)cc1.C=Cc1ccccc1. The summed E-state index contributed by atoms with van der Waals surface area (Å²) in [6.45, 7) is 18.5.